The minimum atomic E-state index is 0.127. The van der Waals surface area contributed by atoms with E-state index in [1.807, 2.05) is 12.4 Å². The van der Waals surface area contributed by atoms with Gasteiger partial charge < -0.3 is 9.47 Å². The number of aromatic nitrogens is 1. The third-order valence-corrected chi connectivity index (χ3v) is 4.65. The molecule has 116 valence electrons. The summed E-state index contributed by atoms with van der Waals surface area (Å²) < 4.78 is 11.6. The van der Waals surface area contributed by atoms with E-state index in [0.717, 1.165) is 45.4 Å². The normalized spacial score (nSPS) is 24.9. The van der Waals surface area contributed by atoms with Gasteiger partial charge in [0.05, 0.1) is 5.60 Å². The zero-order valence-electron chi connectivity index (χ0n) is 13.0. The summed E-state index contributed by atoms with van der Waals surface area (Å²) in [4.78, 5) is 6.54. The monoisotopic (exact) mass is 290 g/mol. The van der Waals surface area contributed by atoms with Crippen molar-refractivity contribution in [1.29, 1.82) is 0 Å². The predicted molar refractivity (Wildman–Crippen MR) is 82.0 cm³/mol. The molecule has 0 radical (unpaired) electrons. The molecule has 3 heterocycles. The van der Waals surface area contributed by atoms with Crippen molar-refractivity contribution in [2.24, 2.45) is 5.92 Å². The number of rotatable bonds is 6. The van der Waals surface area contributed by atoms with E-state index in [2.05, 4.69) is 28.9 Å². The molecular weight excluding hydrogens is 264 g/mol. The van der Waals surface area contributed by atoms with Gasteiger partial charge in [-0.25, -0.2) is 0 Å². The van der Waals surface area contributed by atoms with Crippen molar-refractivity contribution in [2.45, 2.75) is 38.3 Å². The Bertz CT molecular complexity index is 432. The molecular formula is C17H26N2O2. The summed E-state index contributed by atoms with van der Waals surface area (Å²) in [5, 5.41) is 0. The quantitative estimate of drug-likeness (QED) is 0.754. The topological polar surface area (TPSA) is 34.6 Å². The Morgan fingerprint density at radius 3 is 2.95 bits per heavy atom. The Balaban J connectivity index is 1.45. The van der Waals surface area contributed by atoms with E-state index in [4.69, 9.17) is 9.47 Å². The lowest BCUT2D eigenvalue weighted by atomic mass is 9.79. The van der Waals surface area contributed by atoms with E-state index in [0.29, 0.717) is 0 Å². The summed E-state index contributed by atoms with van der Waals surface area (Å²) in [6.45, 7) is 7.86. The zero-order valence-corrected chi connectivity index (χ0v) is 13.0. The van der Waals surface area contributed by atoms with Crippen molar-refractivity contribution in [3.05, 3.63) is 30.1 Å². The highest BCUT2D eigenvalue weighted by atomic mass is 16.5. The number of ether oxygens (including phenoxy) is 2. The van der Waals surface area contributed by atoms with Crippen molar-refractivity contribution < 1.29 is 9.47 Å². The number of pyridine rings is 1. The largest absolute Gasteiger partial charge is 0.382 e. The molecule has 0 N–H and O–H groups in total. The van der Waals surface area contributed by atoms with Crippen LogP contribution >= 0.6 is 0 Å². The van der Waals surface area contributed by atoms with Crippen molar-refractivity contribution >= 4 is 0 Å². The summed E-state index contributed by atoms with van der Waals surface area (Å²) in [6.07, 6.45) is 7.31. The molecule has 0 unspecified atom stereocenters. The number of nitrogens with zero attached hydrogens (tertiary/aromatic N) is 2. The van der Waals surface area contributed by atoms with Crippen LogP contribution in [0.4, 0.5) is 0 Å². The van der Waals surface area contributed by atoms with Gasteiger partial charge in [0.1, 0.15) is 0 Å². The van der Waals surface area contributed by atoms with Crippen LogP contribution < -0.4 is 0 Å². The lowest BCUT2D eigenvalue weighted by molar-refractivity contribution is -0.182. The maximum atomic E-state index is 6.11. The highest BCUT2D eigenvalue weighted by molar-refractivity contribution is 5.12. The molecule has 1 spiro atoms. The lowest BCUT2D eigenvalue weighted by Crippen LogP contribution is -2.64. The third kappa shape index (κ3) is 3.82. The van der Waals surface area contributed by atoms with E-state index in [-0.39, 0.29) is 5.60 Å². The molecule has 2 aliphatic heterocycles. The van der Waals surface area contributed by atoms with Crippen molar-refractivity contribution in [3.63, 3.8) is 0 Å². The van der Waals surface area contributed by atoms with E-state index >= 15 is 0 Å². The minimum absolute atomic E-state index is 0.127. The third-order valence-electron chi connectivity index (χ3n) is 4.65. The highest BCUT2D eigenvalue weighted by Gasteiger charge is 2.46. The fourth-order valence-corrected chi connectivity index (χ4v) is 3.62. The zero-order chi connectivity index (χ0) is 14.5. The summed E-state index contributed by atoms with van der Waals surface area (Å²) in [7, 11) is 0. The smallest absolute Gasteiger partial charge is 0.0937 e. The maximum Gasteiger partial charge on any atom is 0.0937 e. The Morgan fingerprint density at radius 1 is 1.38 bits per heavy atom. The Kier molecular flexibility index (Phi) is 4.88. The average Bonchev–Trinajstić information content (AvgIpc) is 2.48. The van der Waals surface area contributed by atoms with E-state index in [9.17, 15) is 0 Å². The molecule has 0 aromatic carbocycles. The average molecular weight is 290 g/mol. The fourth-order valence-electron chi connectivity index (χ4n) is 3.62. The Labute approximate surface area is 127 Å². The van der Waals surface area contributed by atoms with Crippen LogP contribution in [0.25, 0.3) is 0 Å². The first kappa shape index (κ1) is 14.9. The van der Waals surface area contributed by atoms with Crippen LogP contribution in [0, 0.1) is 5.92 Å². The number of hydrogen-bond acceptors (Lipinski definition) is 4. The number of hydrogen-bond donors (Lipinski definition) is 0. The molecule has 3 rings (SSSR count). The second kappa shape index (κ2) is 6.86. The molecule has 4 nitrogen and oxygen atoms in total. The summed E-state index contributed by atoms with van der Waals surface area (Å²) in [6, 6.07) is 4.19. The van der Waals surface area contributed by atoms with Gasteiger partial charge >= 0.3 is 0 Å². The van der Waals surface area contributed by atoms with Crippen molar-refractivity contribution in [1.82, 2.24) is 9.88 Å². The first-order valence-corrected chi connectivity index (χ1v) is 8.13. The van der Waals surface area contributed by atoms with Gasteiger partial charge in [0, 0.05) is 51.8 Å². The van der Waals surface area contributed by atoms with Crippen LogP contribution in [-0.4, -0.2) is 48.4 Å². The van der Waals surface area contributed by atoms with Crippen LogP contribution in [-0.2, 0) is 16.0 Å². The molecule has 0 amide bonds. The lowest BCUT2D eigenvalue weighted by Gasteiger charge is -2.53. The molecule has 1 aromatic rings. The molecule has 0 bridgehead atoms. The molecule has 2 saturated heterocycles. The number of likely N-dealkylation sites (tertiary alicyclic amines) is 1. The van der Waals surface area contributed by atoms with E-state index < -0.39 is 0 Å². The predicted octanol–water partition coefficient (Wildman–Crippen LogP) is 2.49. The summed E-state index contributed by atoms with van der Waals surface area (Å²) in [5.41, 5.74) is 1.46. The Morgan fingerprint density at radius 2 is 2.19 bits per heavy atom. The van der Waals surface area contributed by atoms with Crippen molar-refractivity contribution in [3.8, 4) is 0 Å². The molecule has 2 aliphatic rings. The van der Waals surface area contributed by atoms with E-state index in [1.165, 1.54) is 24.8 Å². The summed E-state index contributed by atoms with van der Waals surface area (Å²) >= 11 is 0. The van der Waals surface area contributed by atoms with Gasteiger partial charge in [-0.2, -0.15) is 0 Å². The van der Waals surface area contributed by atoms with Gasteiger partial charge in [-0.1, -0.05) is 0 Å². The molecule has 1 aromatic heterocycles. The minimum Gasteiger partial charge on any atom is -0.382 e. The van der Waals surface area contributed by atoms with Gasteiger partial charge in [0.2, 0.25) is 0 Å². The van der Waals surface area contributed by atoms with Crippen LogP contribution in [0.3, 0.4) is 0 Å². The SMILES string of the molecule is CCOCC[C@H]1CCOC2(C1)CN(Cc1ccncc1)C2. The maximum absolute atomic E-state index is 6.11. The fraction of sp³-hybridized carbons (Fsp3) is 0.706. The Hall–Kier alpha value is -0.970. The van der Waals surface area contributed by atoms with Crippen LogP contribution in [0.15, 0.2) is 24.5 Å². The van der Waals surface area contributed by atoms with Crippen LogP contribution in [0.1, 0.15) is 31.7 Å². The van der Waals surface area contributed by atoms with Gasteiger partial charge in [0.25, 0.3) is 0 Å². The van der Waals surface area contributed by atoms with Gasteiger partial charge in [-0.05, 0) is 49.8 Å². The highest BCUT2D eigenvalue weighted by Crippen LogP contribution is 2.38. The molecule has 4 heteroatoms. The van der Waals surface area contributed by atoms with Crippen LogP contribution in [0.5, 0.6) is 0 Å². The van der Waals surface area contributed by atoms with Crippen molar-refractivity contribution in [2.75, 3.05) is 32.9 Å². The standard InChI is InChI=1S/C17H26N2O2/c1-2-20-9-5-15-6-10-21-17(11-15)13-19(14-17)12-16-3-7-18-8-4-16/h3-4,7-8,15H,2,5-6,9-14H2,1H3/t15-/m0/s1. The molecule has 2 fully saturated rings. The second-order valence-corrected chi connectivity index (χ2v) is 6.38. The molecule has 21 heavy (non-hydrogen) atoms. The molecule has 0 aliphatic carbocycles. The first-order chi connectivity index (χ1) is 10.3. The van der Waals surface area contributed by atoms with Gasteiger partial charge in [-0.15, -0.1) is 0 Å². The second-order valence-electron chi connectivity index (χ2n) is 6.38. The summed E-state index contributed by atoms with van der Waals surface area (Å²) in [5.74, 6) is 0.772. The molecule has 1 atom stereocenters. The molecule has 0 saturated carbocycles. The van der Waals surface area contributed by atoms with Gasteiger partial charge in [0.15, 0.2) is 0 Å². The van der Waals surface area contributed by atoms with Gasteiger partial charge in [-0.3, -0.25) is 9.88 Å². The van der Waals surface area contributed by atoms with E-state index in [1.54, 1.807) is 0 Å². The van der Waals surface area contributed by atoms with Crippen LogP contribution in [0.2, 0.25) is 0 Å². The first-order valence-electron chi connectivity index (χ1n) is 8.13.